The van der Waals surface area contributed by atoms with Gasteiger partial charge in [-0.3, -0.25) is 13.9 Å². The van der Waals surface area contributed by atoms with Gasteiger partial charge in [-0.25, -0.2) is 17.6 Å². The normalized spacial score (nSPS) is 15.6. The number of hydrogen-bond acceptors (Lipinski definition) is 4. The first-order valence-corrected chi connectivity index (χ1v) is 10.8. The molecule has 0 bridgehead atoms. The van der Waals surface area contributed by atoms with Gasteiger partial charge in [0, 0.05) is 45.8 Å². The highest BCUT2D eigenvalue weighted by atomic mass is 32.2. The van der Waals surface area contributed by atoms with E-state index in [2.05, 4.69) is 0 Å². The number of benzene rings is 2. The molecule has 2 heterocycles. The first-order valence-electron chi connectivity index (χ1n) is 9.40. The lowest BCUT2D eigenvalue weighted by Crippen LogP contribution is -2.50. The zero-order valence-electron chi connectivity index (χ0n) is 16.6. The number of imidazole rings is 1. The van der Waals surface area contributed by atoms with Gasteiger partial charge in [-0.2, -0.15) is 4.31 Å². The van der Waals surface area contributed by atoms with Crippen molar-refractivity contribution >= 4 is 27.0 Å². The summed E-state index contributed by atoms with van der Waals surface area (Å²) in [6, 6.07) is 10.0. The summed E-state index contributed by atoms with van der Waals surface area (Å²) in [5.41, 5.74) is 1.18. The van der Waals surface area contributed by atoms with Crippen LogP contribution in [-0.2, 0) is 24.1 Å². The van der Waals surface area contributed by atoms with Gasteiger partial charge in [0.05, 0.1) is 15.9 Å². The van der Waals surface area contributed by atoms with E-state index in [9.17, 15) is 22.4 Å². The molecule has 1 aliphatic heterocycles. The number of piperazine rings is 1. The summed E-state index contributed by atoms with van der Waals surface area (Å²) in [4.78, 5) is 26.3. The molecule has 2 aromatic carbocycles. The first-order chi connectivity index (χ1) is 14.2. The Bertz CT molecular complexity index is 1300. The fourth-order valence-corrected chi connectivity index (χ4v) is 5.17. The van der Waals surface area contributed by atoms with E-state index < -0.39 is 15.8 Å². The Hall–Kier alpha value is -2.98. The van der Waals surface area contributed by atoms with Crippen LogP contribution in [0.2, 0.25) is 0 Å². The molecule has 0 atom stereocenters. The second kappa shape index (κ2) is 7.37. The van der Waals surface area contributed by atoms with Crippen LogP contribution in [0.5, 0.6) is 0 Å². The van der Waals surface area contributed by atoms with E-state index in [0.29, 0.717) is 11.0 Å². The van der Waals surface area contributed by atoms with E-state index in [-0.39, 0.29) is 48.2 Å². The molecule has 158 valence electrons. The van der Waals surface area contributed by atoms with Crippen LogP contribution in [0.25, 0.3) is 11.0 Å². The molecular weight excluding hydrogens is 411 g/mol. The number of sulfonamides is 1. The SMILES string of the molecule is Cn1c(=O)n(C)c2cc(S(=O)(=O)N3CCN(C(=O)c4cccc(F)c4)CC3)ccc21. The van der Waals surface area contributed by atoms with E-state index in [1.165, 1.54) is 54.7 Å². The van der Waals surface area contributed by atoms with Crippen molar-refractivity contribution in [1.82, 2.24) is 18.3 Å². The van der Waals surface area contributed by atoms with Crippen molar-refractivity contribution in [2.75, 3.05) is 26.2 Å². The second-order valence-electron chi connectivity index (χ2n) is 7.26. The highest BCUT2D eigenvalue weighted by Gasteiger charge is 2.31. The van der Waals surface area contributed by atoms with E-state index >= 15 is 0 Å². The third-order valence-corrected chi connectivity index (χ3v) is 7.37. The fourth-order valence-electron chi connectivity index (χ4n) is 3.73. The fraction of sp³-hybridized carbons (Fsp3) is 0.300. The number of hydrogen-bond donors (Lipinski definition) is 0. The number of nitrogens with zero attached hydrogens (tertiary/aromatic N) is 4. The van der Waals surface area contributed by atoms with Crippen molar-refractivity contribution in [3.05, 3.63) is 64.3 Å². The van der Waals surface area contributed by atoms with Crippen LogP contribution in [0.1, 0.15) is 10.4 Å². The van der Waals surface area contributed by atoms with Crippen molar-refractivity contribution < 1.29 is 17.6 Å². The molecule has 30 heavy (non-hydrogen) atoms. The van der Waals surface area contributed by atoms with Crippen LogP contribution in [0, 0.1) is 5.82 Å². The molecule has 0 radical (unpaired) electrons. The second-order valence-corrected chi connectivity index (χ2v) is 9.20. The number of amides is 1. The predicted molar refractivity (Wildman–Crippen MR) is 109 cm³/mol. The lowest BCUT2D eigenvalue weighted by molar-refractivity contribution is 0.0697. The van der Waals surface area contributed by atoms with Crippen LogP contribution in [0.4, 0.5) is 4.39 Å². The smallest absolute Gasteiger partial charge is 0.328 e. The summed E-state index contributed by atoms with van der Waals surface area (Å²) in [6.07, 6.45) is 0. The molecule has 1 amide bonds. The van der Waals surface area contributed by atoms with Gasteiger partial charge >= 0.3 is 5.69 Å². The van der Waals surface area contributed by atoms with Gasteiger partial charge in [0.2, 0.25) is 10.0 Å². The quantitative estimate of drug-likeness (QED) is 0.622. The number of carbonyl (C=O) groups is 1. The van der Waals surface area contributed by atoms with Crippen molar-refractivity contribution in [2.45, 2.75) is 4.90 Å². The van der Waals surface area contributed by atoms with Crippen molar-refractivity contribution in [2.24, 2.45) is 14.1 Å². The van der Waals surface area contributed by atoms with Crippen molar-refractivity contribution in [3.8, 4) is 0 Å². The Labute approximate surface area is 172 Å². The monoisotopic (exact) mass is 432 g/mol. The summed E-state index contributed by atoms with van der Waals surface area (Å²) < 4.78 is 43.8. The predicted octanol–water partition coefficient (Wildman–Crippen LogP) is 1.16. The summed E-state index contributed by atoms with van der Waals surface area (Å²) in [5.74, 6) is -0.819. The van der Waals surface area contributed by atoms with Crippen LogP contribution >= 0.6 is 0 Å². The molecule has 1 aromatic heterocycles. The number of fused-ring (bicyclic) bond motifs is 1. The largest absolute Gasteiger partial charge is 0.336 e. The summed E-state index contributed by atoms with van der Waals surface area (Å²) in [7, 11) is -0.556. The molecule has 0 spiro atoms. The van der Waals surface area contributed by atoms with Gasteiger partial charge in [-0.15, -0.1) is 0 Å². The minimum absolute atomic E-state index is 0.0982. The average molecular weight is 432 g/mol. The van der Waals surface area contributed by atoms with Gasteiger partial charge in [0.25, 0.3) is 5.91 Å². The summed E-state index contributed by atoms with van der Waals surface area (Å²) in [5, 5.41) is 0. The van der Waals surface area contributed by atoms with Crippen LogP contribution in [0.15, 0.2) is 52.2 Å². The van der Waals surface area contributed by atoms with Gasteiger partial charge < -0.3 is 4.90 Å². The topological polar surface area (TPSA) is 84.6 Å². The Balaban J connectivity index is 1.54. The third-order valence-electron chi connectivity index (χ3n) is 5.48. The molecule has 8 nitrogen and oxygen atoms in total. The molecule has 1 saturated heterocycles. The molecule has 0 saturated carbocycles. The highest BCUT2D eigenvalue weighted by Crippen LogP contribution is 2.22. The highest BCUT2D eigenvalue weighted by molar-refractivity contribution is 7.89. The molecule has 1 fully saturated rings. The molecule has 4 rings (SSSR count). The maximum atomic E-state index is 13.4. The number of halogens is 1. The molecule has 1 aliphatic rings. The van der Waals surface area contributed by atoms with Gasteiger partial charge in [0.1, 0.15) is 5.82 Å². The van der Waals surface area contributed by atoms with Crippen molar-refractivity contribution in [1.29, 1.82) is 0 Å². The van der Waals surface area contributed by atoms with Crippen LogP contribution in [-0.4, -0.2) is 58.8 Å². The van der Waals surface area contributed by atoms with E-state index in [1.807, 2.05) is 0 Å². The lowest BCUT2D eigenvalue weighted by Gasteiger charge is -2.34. The maximum Gasteiger partial charge on any atom is 0.328 e. The van der Waals surface area contributed by atoms with E-state index in [0.717, 1.165) is 0 Å². The van der Waals surface area contributed by atoms with Gasteiger partial charge in [-0.05, 0) is 36.4 Å². The zero-order chi connectivity index (χ0) is 21.6. The zero-order valence-corrected chi connectivity index (χ0v) is 17.4. The average Bonchev–Trinajstić information content (AvgIpc) is 2.97. The van der Waals surface area contributed by atoms with Crippen LogP contribution in [0.3, 0.4) is 0 Å². The lowest BCUT2D eigenvalue weighted by atomic mass is 10.2. The van der Waals surface area contributed by atoms with E-state index in [1.54, 1.807) is 20.2 Å². The van der Waals surface area contributed by atoms with Crippen LogP contribution < -0.4 is 5.69 Å². The number of rotatable bonds is 3. The molecular formula is C20H21FN4O4S. The minimum atomic E-state index is -3.78. The Morgan fingerprint density at radius 3 is 2.27 bits per heavy atom. The van der Waals surface area contributed by atoms with Gasteiger partial charge in [0.15, 0.2) is 0 Å². The summed E-state index contributed by atoms with van der Waals surface area (Å²) >= 11 is 0. The molecule has 0 aliphatic carbocycles. The molecule has 0 unspecified atom stereocenters. The van der Waals surface area contributed by atoms with Gasteiger partial charge in [-0.1, -0.05) is 6.07 Å². The molecule has 10 heteroatoms. The minimum Gasteiger partial charge on any atom is -0.336 e. The van der Waals surface area contributed by atoms with Crippen molar-refractivity contribution in [3.63, 3.8) is 0 Å². The molecule has 0 N–H and O–H groups in total. The first kappa shape index (κ1) is 20.3. The molecule has 3 aromatic rings. The Morgan fingerprint density at radius 1 is 0.933 bits per heavy atom. The third kappa shape index (κ3) is 3.31. The Morgan fingerprint density at radius 2 is 1.60 bits per heavy atom. The number of aromatic nitrogens is 2. The Kier molecular flexibility index (Phi) is 4.99. The summed E-state index contributed by atoms with van der Waals surface area (Å²) in [6.45, 7) is 0.686. The maximum absolute atomic E-state index is 13.4. The standard InChI is InChI=1S/C20H21FN4O4S/c1-22-17-7-6-16(13-18(17)23(2)20(22)27)30(28,29)25-10-8-24(9-11-25)19(26)14-4-3-5-15(21)12-14/h3-7,12-13H,8-11H2,1-2H3. The van der Waals surface area contributed by atoms with E-state index in [4.69, 9.17) is 0 Å². The number of aryl methyl sites for hydroxylation is 2. The number of carbonyl (C=O) groups excluding carboxylic acids is 1.